The minimum absolute atomic E-state index is 0.0332. The lowest BCUT2D eigenvalue weighted by Crippen LogP contribution is -2.14. The van der Waals surface area contributed by atoms with Crippen molar-refractivity contribution in [3.05, 3.63) is 154 Å². The molecule has 0 aromatic heterocycles. The Bertz CT molecular complexity index is 3020. The van der Waals surface area contributed by atoms with Gasteiger partial charge in [0.15, 0.2) is 0 Å². The molecule has 19 heteroatoms. The van der Waals surface area contributed by atoms with E-state index < -0.39 is 33.4 Å². The minimum atomic E-state index is -4.77. The molecule has 0 spiro atoms. The number of rotatable bonds is 15. The van der Waals surface area contributed by atoms with Crippen LogP contribution < -0.4 is 4.74 Å². The molecule has 0 amide bonds. The van der Waals surface area contributed by atoms with Gasteiger partial charge in [0.2, 0.25) is 0 Å². The highest BCUT2D eigenvalue weighted by molar-refractivity contribution is 7.86. The Morgan fingerprint density at radius 2 is 0.844 bits per heavy atom. The zero-order valence-electron chi connectivity index (χ0n) is 34.4. The summed E-state index contributed by atoms with van der Waals surface area (Å²) in [6.45, 7) is 4.98. The third-order valence-corrected chi connectivity index (χ3v) is 10.2. The molecular weight excluding hydrogens is 845 g/mol. The first-order chi connectivity index (χ1) is 30.4. The van der Waals surface area contributed by atoms with Crippen molar-refractivity contribution in [3.8, 4) is 5.75 Å². The van der Waals surface area contributed by atoms with Gasteiger partial charge < -0.3 is 25.2 Å². The molecule has 324 valence electrons. The lowest BCUT2D eigenvalue weighted by atomic mass is 10.1. The Kier molecular flexibility index (Phi) is 14.1. The Labute approximate surface area is 365 Å². The Morgan fingerprint density at radius 1 is 0.500 bits per heavy atom. The largest absolute Gasteiger partial charge is 0.478 e. The van der Waals surface area contributed by atoms with Crippen molar-refractivity contribution in [3.63, 3.8) is 0 Å². The van der Waals surface area contributed by atoms with Gasteiger partial charge in [-0.2, -0.15) is 49.3 Å². The third-order valence-electron chi connectivity index (χ3n) is 9.30. The van der Waals surface area contributed by atoms with Gasteiger partial charge in [0, 0.05) is 11.6 Å². The molecule has 18 nitrogen and oxygen atoms in total. The summed E-state index contributed by atoms with van der Waals surface area (Å²) in [7, 11) is -4.77. The molecule has 64 heavy (non-hydrogen) atoms. The van der Waals surface area contributed by atoms with E-state index in [1.165, 1.54) is 54.6 Å². The van der Waals surface area contributed by atoms with E-state index >= 15 is 0 Å². The van der Waals surface area contributed by atoms with Gasteiger partial charge in [-0.1, -0.05) is 18.2 Å². The van der Waals surface area contributed by atoms with Crippen LogP contribution in [-0.2, 0) is 10.1 Å². The number of ether oxygens (including phenoxy) is 1. The van der Waals surface area contributed by atoms with E-state index in [2.05, 4.69) is 40.9 Å². The van der Waals surface area contributed by atoms with Crippen molar-refractivity contribution in [2.75, 3.05) is 0 Å². The molecule has 6 aromatic carbocycles. The van der Waals surface area contributed by atoms with Crippen LogP contribution in [0.15, 0.2) is 155 Å². The monoisotopic (exact) mass is 882 g/mol. The first-order valence-electron chi connectivity index (χ1n) is 19.0. The predicted octanol–water partition coefficient (Wildman–Crippen LogP) is 12.0. The van der Waals surface area contributed by atoms with Crippen LogP contribution in [0.3, 0.4) is 0 Å². The molecule has 0 aliphatic rings. The van der Waals surface area contributed by atoms with E-state index in [9.17, 15) is 32.8 Å². The number of hydrogen-bond acceptors (Lipinski definition) is 15. The van der Waals surface area contributed by atoms with E-state index in [0.29, 0.717) is 50.8 Å². The maximum Gasteiger partial charge on any atom is 0.335 e. The van der Waals surface area contributed by atoms with Gasteiger partial charge in [0.25, 0.3) is 10.1 Å². The number of benzene rings is 6. The molecule has 0 aliphatic heterocycles. The number of azo groups is 4. The molecule has 0 saturated carbocycles. The molecule has 5 N–H and O–H groups in total. The van der Waals surface area contributed by atoms with Crippen LogP contribution in [-0.4, -0.2) is 51.8 Å². The van der Waals surface area contributed by atoms with Gasteiger partial charge >= 0.3 is 18.4 Å². The van der Waals surface area contributed by atoms with E-state index in [-0.39, 0.29) is 33.8 Å². The van der Waals surface area contributed by atoms with Gasteiger partial charge in [-0.3, -0.25) is 4.55 Å². The normalized spacial score (nSPS) is 12.2. The fourth-order valence-electron chi connectivity index (χ4n) is 5.85. The van der Waals surface area contributed by atoms with Crippen LogP contribution in [0.4, 0.5) is 45.5 Å². The fourth-order valence-corrected chi connectivity index (χ4v) is 6.56. The molecule has 0 bridgehead atoms. The first-order valence-corrected chi connectivity index (χ1v) is 20.4. The minimum Gasteiger partial charge on any atom is -0.478 e. The molecule has 0 heterocycles. The number of aliphatic hydroxyl groups is 2. The average Bonchev–Trinajstić information content (AvgIpc) is 3.25. The Balaban J connectivity index is 1.19. The van der Waals surface area contributed by atoms with Crippen LogP contribution in [0.2, 0.25) is 0 Å². The quantitative estimate of drug-likeness (QED) is 0.0281. The van der Waals surface area contributed by atoms with Crippen LogP contribution >= 0.6 is 0 Å². The number of carboxylic acid groups (broad SMARTS) is 2. The zero-order chi connectivity index (χ0) is 46.1. The number of carbonyl (C=O) groups is 2. The summed E-state index contributed by atoms with van der Waals surface area (Å²) in [5.74, 6) is -2.12. The highest BCUT2D eigenvalue weighted by Gasteiger charge is 2.16. The maximum atomic E-state index is 12.5. The number of aliphatic hydroxyl groups excluding tert-OH is 1. The number of aryl methyl sites for hydroxylation is 4. The zero-order valence-corrected chi connectivity index (χ0v) is 35.2. The summed E-state index contributed by atoms with van der Waals surface area (Å²) >= 11 is 0. The van der Waals surface area contributed by atoms with Gasteiger partial charge in [-0.15, -0.1) is 0 Å². The van der Waals surface area contributed by atoms with Crippen molar-refractivity contribution < 1.29 is 47.7 Å². The summed E-state index contributed by atoms with van der Waals surface area (Å²) in [5, 5.41) is 71.6. The number of nitrogens with zero attached hydrogens (tertiary/aromatic N) is 8. The molecule has 0 atom stereocenters. The SMILES string of the molecule is Cc1cc(N=Nc2ccc(C=Cc3ccc(N=Nc4cc(C)c(N=Nc5ccc(C(=O)O)cc5)cc4C)cc3S(=O)(=O)O)c(OC(O)O)c2)c(C)cc1N=Nc1ccc(C(=O)O)cc1. The van der Waals surface area contributed by atoms with Gasteiger partial charge in [0.1, 0.15) is 10.6 Å². The lowest BCUT2D eigenvalue weighted by Gasteiger charge is -2.11. The van der Waals surface area contributed by atoms with Crippen molar-refractivity contribution in [1.82, 2.24) is 0 Å². The summed E-state index contributed by atoms with van der Waals surface area (Å²) < 4.78 is 40.4. The number of hydrogen-bond donors (Lipinski definition) is 5. The molecule has 6 aromatic rings. The second-order valence-electron chi connectivity index (χ2n) is 14.1. The maximum absolute atomic E-state index is 12.5. The van der Waals surface area contributed by atoms with Crippen molar-refractivity contribution in [2.24, 2.45) is 40.9 Å². The van der Waals surface area contributed by atoms with E-state index in [4.69, 9.17) is 14.9 Å². The molecule has 0 radical (unpaired) electrons. The Morgan fingerprint density at radius 3 is 1.22 bits per heavy atom. The van der Waals surface area contributed by atoms with E-state index in [0.717, 1.165) is 17.2 Å². The highest BCUT2D eigenvalue weighted by Crippen LogP contribution is 2.35. The summed E-state index contributed by atoms with van der Waals surface area (Å²) in [5.41, 5.74) is 6.91. The predicted molar refractivity (Wildman–Crippen MR) is 236 cm³/mol. The van der Waals surface area contributed by atoms with Crippen molar-refractivity contribution in [1.29, 1.82) is 0 Å². The lowest BCUT2D eigenvalue weighted by molar-refractivity contribution is -0.179. The molecular formula is C45H38N8O10S. The molecule has 0 fully saturated rings. The third kappa shape index (κ3) is 11.9. The van der Waals surface area contributed by atoms with Crippen molar-refractivity contribution in [2.45, 2.75) is 39.1 Å². The number of carboxylic acids is 2. The fraction of sp³-hybridized carbons (Fsp3) is 0.111. The van der Waals surface area contributed by atoms with E-state index in [1.807, 2.05) is 13.8 Å². The highest BCUT2D eigenvalue weighted by atomic mass is 32.2. The second kappa shape index (κ2) is 19.8. The molecule has 0 aliphatic carbocycles. The summed E-state index contributed by atoms with van der Waals surface area (Å²) in [6.07, 6.45) is 2.83. The van der Waals surface area contributed by atoms with E-state index in [1.54, 1.807) is 74.5 Å². The molecule has 6 rings (SSSR count). The summed E-state index contributed by atoms with van der Waals surface area (Å²) in [4.78, 5) is 21.8. The second-order valence-corrected chi connectivity index (χ2v) is 15.4. The van der Waals surface area contributed by atoms with Crippen LogP contribution in [0.5, 0.6) is 5.75 Å². The van der Waals surface area contributed by atoms with Crippen LogP contribution in [0.25, 0.3) is 12.2 Å². The average molecular weight is 883 g/mol. The van der Waals surface area contributed by atoms with Gasteiger partial charge in [0.05, 0.1) is 56.6 Å². The standard InChI is InChI=1S/C45H38N8O10S/c1-25-21-39(27(3)19-37(25)50-46-33-13-9-31(10-14-33)43(54)55)52-48-35-17-7-29(41(23-35)63-45(58)59)5-6-30-8-18-36(24-42(30)64(60,61)62)49-53-40-22-26(2)38(20-28(40)4)51-47-34-15-11-32(12-16-34)44(56)57/h5-24,45,58-59H,1-4H3,(H,54,55)(H,56,57)(H,60,61,62). The first kappa shape index (κ1) is 45.6. The number of aromatic carboxylic acids is 2. The van der Waals surface area contributed by atoms with Gasteiger partial charge in [-0.05, 0) is 153 Å². The van der Waals surface area contributed by atoms with Crippen LogP contribution in [0.1, 0.15) is 54.1 Å². The smallest absolute Gasteiger partial charge is 0.335 e. The topological polar surface area (TPSA) is 278 Å². The van der Waals surface area contributed by atoms with Crippen molar-refractivity contribution >= 4 is 79.7 Å². The van der Waals surface area contributed by atoms with Crippen LogP contribution in [0, 0.1) is 27.7 Å². The molecule has 0 saturated heterocycles. The Hall–Kier alpha value is -7.97. The molecule has 0 unspecified atom stereocenters. The van der Waals surface area contributed by atoms with Gasteiger partial charge in [-0.25, -0.2) is 9.59 Å². The summed E-state index contributed by atoms with van der Waals surface area (Å²) in [6, 6.07) is 27.5.